The summed E-state index contributed by atoms with van der Waals surface area (Å²) in [5, 5.41) is 14.1. The van der Waals surface area contributed by atoms with Gasteiger partial charge in [0.1, 0.15) is 12.4 Å². The van der Waals surface area contributed by atoms with Gasteiger partial charge in [0.15, 0.2) is 0 Å². The molecule has 1 rings (SSSR count). The second-order valence-electron chi connectivity index (χ2n) is 5.23. The monoisotopic (exact) mass is 291 g/mol. The molecule has 0 spiro atoms. The highest BCUT2D eigenvalue weighted by atomic mass is 16.7. The number of hydrogen-bond acceptors (Lipinski definition) is 5. The molecule has 0 amide bonds. The van der Waals surface area contributed by atoms with Gasteiger partial charge in [-0.3, -0.25) is 0 Å². The van der Waals surface area contributed by atoms with Crippen molar-refractivity contribution in [2.24, 2.45) is 17.0 Å². The van der Waals surface area contributed by atoms with Crippen LogP contribution in [0.1, 0.15) is 26.3 Å². The van der Waals surface area contributed by atoms with Crippen LogP contribution >= 0.6 is 0 Å². The normalized spacial score (nSPS) is 14.6. The van der Waals surface area contributed by atoms with Gasteiger partial charge in [-0.15, -0.1) is 0 Å². The van der Waals surface area contributed by atoms with Crippen LogP contribution in [-0.4, -0.2) is 29.2 Å². The number of carbonyl (C=O) groups is 2. The van der Waals surface area contributed by atoms with E-state index in [-0.39, 0.29) is 11.6 Å². The fourth-order valence-corrected chi connectivity index (χ4v) is 1.94. The lowest BCUT2D eigenvalue weighted by molar-refractivity contribution is -0.141. The van der Waals surface area contributed by atoms with E-state index in [1.807, 2.05) is 44.2 Å². The molecule has 5 nitrogen and oxygen atoms in total. The van der Waals surface area contributed by atoms with Crippen molar-refractivity contribution >= 4 is 18.0 Å². The zero-order valence-electron chi connectivity index (χ0n) is 12.5. The van der Waals surface area contributed by atoms with E-state index in [0.29, 0.717) is 12.7 Å². The Kier molecular flexibility index (Phi) is 6.75. The summed E-state index contributed by atoms with van der Waals surface area (Å²) in [4.78, 5) is 26.7. The third kappa shape index (κ3) is 5.47. The largest absolute Gasteiger partial charge is 0.386 e. The van der Waals surface area contributed by atoms with Crippen molar-refractivity contribution in [2.45, 2.75) is 33.3 Å². The van der Waals surface area contributed by atoms with Crippen molar-refractivity contribution in [1.29, 1.82) is 0 Å². The molecule has 0 bridgehead atoms. The molecule has 0 aromatic heterocycles. The third-order valence-corrected chi connectivity index (χ3v) is 3.15. The molecule has 21 heavy (non-hydrogen) atoms. The van der Waals surface area contributed by atoms with Crippen LogP contribution in [0.2, 0.25) is 0 Å². The number of benzene rings is 1. The molecule has 1 N–H and O–H groups in total. The number of hydrogen-bond donors (Lipinski definition) is 1. The lowest BCUT2D eigenvalue weighted by Gasteiger charge is -2.22. The summed E-state index contributed by atoms with van der Waals surface area (Å²) in [6.45, 7) is 4.91. The summed E-state index contributed by atoms with van der Waals surface area (Å²) in [6, 6.07) is 9.36. The van der Waals surface area contributed by atoms with Crippen LogP contribution in [0.15, 0.2) is 35.5 Å². The van der Waals surface area contributed by atoms with Crippen molar-refractivity contribution in [3.05, 3.63) is 35.9 Å². The Labute approximate surface area is 124 Å². The Bertz CT molecular complexity index is 496. The standard InChI is InChI=1S/C16H21NO4/c1-11(2)14(10-18)16(20)15(17-21-12(3)19)9-13-7-5-4-6-8-13/h4-8,10-11,14,16,20H,9H2,1-3H3/b17-15+/t14-,16+/m0/s1. The van der Waals surface area contributed by atoms with E-state index >= 15 is 0 Å². The maximum Gasteiger partial charge on any atom is 0.331 e. The van der Waals surface area contributed by atoms with Gasteiger partial charge in [-0.05, 0) is 11.5 Å². The molecule has 0 saturated heterocycles. The Balaban J connectivity index is 2.98. The number of aliphatic hydroxyl groups is 1. The molecule has 1 aromatic carbocycles. The zero-order valence-corrected chi connectivity index (χ0v) is 12.5. The summed E-state index contributed by atoms with van der Waals surface area (Å²) in [6.07, 6.45) is -0.0577. The van der Waals surface area contributed by atoms with Crippen LogP contribution in [0.25, 0.3) is 0 Å². The van der Waals surface area contributed by atoms with Crippen LogP contribution in [0.3, 0.4) is 0 Å². The molecule has 0 aliphatic rings. The first kappa shape index (κ1) is 17.0. The van der Waals surface area contributed by atoms with Crippen LogP contribution in [0.5, 0.6) is 0 Å². The van der Waals surface area contributed by atoms with Crippen molar-refractivity contribution in [2.75, 3.05) is 0 Å². The Morgan fingerprint density at radius 1 is 1.33 bits per heavy atom. The van der Waals surface area contributed by atoms with E-state index in [4.69, 9.17) is 0 Å². The molecule has 0 aliphatic carbocycles. The van der Waals surface area contributed by atoms with Crippen molar-refractivity contribution in [1.82, 2.24) is 0 Å². The Morgan fingerprint density at radius 3 is 2.43 bits per heavy atom. The summed E-state index contributed by atoms with van der Waals surface area (Å²) in [7, 11) is 0. The van der Waals surface area contributed by atoms with E-state index in [9.17, 15) is 14.7 Å². The molecule has 5 heteroatoms. The molecule has 0 aliphatic heterocycles. The van der Waals surface area contributed by atoms with Crippen molar-refractivity contribution in [3.8, 4) is 0 Å². The fourth-order valence-electron chi connectivity index (χ4n) is 1.94. The summed E-state index contributed by atoms with van der Waals surface area (Å²) in [5.41, 5.74) is 1.18. The highest BCUT2D eigenvalue weighted by Crippen LogP contribution is 2.17. The first-order valence-electron chi connectivity index (χ1n) is 6.87. The maximum absolute atomic E-state index is 11.2. The van der Waals surface area contributed by atoms with Gasteiger partial charge in [-0.25, -0.2) is 4.79 Å². The SMILES string of the molecule is CC(=O)O/N=C(\Cc1ccccc1)[C@H](O)[C@@H](C=O)C(C)C. The molecule has 0 saturated carbocycles. The topological polar surface area (TPSA) is 76.0 Å². The van der Waals surface area contributed by atoms with Gasteiger partial charge in [-0.1, -0.05) is 49.3 Å². The average molecular weight is 291 g/mol. The first-order chi connectivity index (χ1) is 9.95. The van der Waals surface area contributed by atoms with Crippen molar-refractivity contribution < 1.29 is 19.5 Å². The number of aldehydes is 1. The van der Waals surface area contributed by atoms with Gasteiger partial charge < -0.3 is 14.7 Å². The second-order valence-corrected chi connectivity index (χ2v) is 5.23. The molecule has 0 unspecified atom stereocenters. The number of carbonyl (C=O) groups excluding carboxylic acids is 2. The van der Waals surface area contributed by atoms with Gasteiger partial charge in [0.2, 0.25) is 0 Å². The van der Waals surface area contributed by atoms with Crippen LogP contribution < -0.4 is 0 Å². The molecule has 0 fully saturated rings. The highest BCUT2D eigenvalue weighted by molar-refractivity contribution is 5.92. The maximum atomic E-state index is 11.2. The van der Waals surface area contributed by atoms with Crippen LogP contribution in [0, 0.1) is 11.8 Å². The summed E-state index contributed by atoms with van der Waals surface area (Å²) in [5.74, 6) is -1.21. The number of aliphatic hydroxyl groups excluding tert-OH is 1. The van der Waals surface area contributed by atoms with E-state index in [2.05, 4.69) is 9.99 Å². The number of rotatable bonds is 7. The molecule has 0 radical (unpaired) electrons. The molecular formula is C16H21NO4. The van der Waals surface area contributed by atoms with Gasteiger partial charge in [0, 0.05) is 19.3 Å². The number of oxime groups is 1. The van der Waals surface area contributed by atoms with Crippen molar-refractivity contribution in [3.63, 3.8) is 0 Å². The lowest BCUT2D eigenvalue weighted by atomic mass is 9.87. The van der Waals surface area contributed by atoms with E-state index in [0.717, 1.165) is 5.56 Å². The zero-order chi connectivity index (χ0) is 15.8. The molecule has 1 aromatic rings. The van der Waals surface area contributed by atoms with Gasteiger partial charge in [0.05, 0.1) is 5.71 Å². The average Bonchev–Trinajstić information content (AvgIpc) is 2.44. The van der Waals surface area contributed by atoms with Gasteiger partial charge in [-0.2, -0.15) is 0 Å². The fraction of sp³-hybridized carbons (Fsp3) is 0.438. The van der Waals surface area contributed by atoms with E-state index in [1.54, 1.807) is 0 Å². The Morgan fingerprint density at radius 2 is 1.95 bits per heavy atom. The highest BCUT2D eigenvalue weighted by Gasteiger charge is 2.27. The first-order valence-corrected chi connectivity index (χ1v) is 6.87. The Hall–Kier alpha value is -2.01. The lowest BCUT2D eigenvalue weighted by Crippen LogP contribution is -2.35. The van der Waals surface area contributed by atoms with E-state index in [1.165, 1.54) is 6.92 Å². The summed E-state index contributed by atoms with van der Waals surface area (Å²) >= 11 is 0. The summed E-state index contributed by atoms with van der Waals surface area (Å²) < 4.78 is 0. The third-order valence-electron chi connectivity index (χ3n) is 3.15. The van der Waals surface area contributed by atoms with Crippen LogP contribution in [-0.2, 0) is 20.8 Å². The molecule has 2 atom stereocenters. The van der Waals surface area contributed by atoms with Gasteiger partial charge in [0.25, 0.3) is 0 Å². The molecule has 114 valence electrons. The number of nitrogens with zero attached hydrogens (tertiary/aromatic N) is 1. The smallest absolute Gasteiger partial charge is 0.331 e. The second kappa shape index (κ2) is 8.32. The van der Waals surface area contributed by atoms with E-state index < -0.39 is 18.0 Å². The van der Waals surface area contributed by atoms with Gasteiger partial charge >= 0.3 is 5.97 Å². The minimum atomic E-state index is -1.08. The predicted molar refractivity (Wildman–Crippen MR) is 79.7 cm³/mol. The molecular weight excluding hydrogens is 270 g/mol. The minimum absolute atomic E-state index is 0.0456. The predicted octanol–water partition coefficient (Wildman–Crippen LogP) is 1.98. The van der Waals surface area contributed by atoms with Crippen LogP contribution in [0.4, 0.5) is 0 Å². The minimum Gasteiger partial charge on any atom is -0.386 e. The quantitative estimate of drug-likeness (QED) is 0.361. The molecule has 0 heterocycles.